The zero-order chi connectivity index (χ0) is 16.4. The minimum absolute atomic E-state index is 0.0999. The van der Waals surface area contributed by atoms with E-state index in [4.69, 9.17) is 0 Å². The van der Waals surface area contributed by atoms with Crippen LogP contribution in [0.5, 0.6) is 0 Å². The molecule has 8 heteroatoms. The number of nitriles is 1. The van der Waals surface area contributed by atoms with E-state index in [2.05, 4.69) is 16.8 Å². The molecule has 1 aliphatic carbocycles. The third kappa shape index (κ3) is 3.10. The molecule has 0 saturated heterocycles. The Bertz CT molecular complexity index is 820. The van der Waals surface area contributed by atoms with Crippen LogP contribution < -0.4 is 0 Å². The zero-order valence-electron chi connectivity index (χ0n) is 12.2. The van der Waals surface area contributed by atoms with Crippen molar-refractivity contribution in [1.82, 2.24) is 14.8 Å². The summed E-state index contributed by atoms with van der Waals surface area (Å²) in [6, 6.07) is 6.24. The standard InChI is InChI=1S/C15H13N5O2S/c1-2-7-19-14(10-3-4-10)17-18-15(19)23-13-6-5-12(20(21)22)8-11(13)9-16/h2,5-6,8,10H,1,3-4,7H2. The highest BCUT2D eigenvalue weighted by Crippen LogP contribution is 2.41. The number of allylic oxidation sites excluding steroid dienone is 1. The maximum absolute atomic E-state index is 10.8. The fourth-order valence-electron chi connectivity index (χ4n) is 2.23. The predicted octanol–water partition coefficient (Wildman–Crippen LogP) is 3.27. The van der Waals surface area contributed by atoms with Crippen molar-refractivity contribution in [2.24, 2.45) is 0 Å². The monoisotopic (exact) mass is 327 g/mol. The van der Waals surface area contributed by atoms with Crippen LogP contribution in [-0.4, -0.2) is 19.7 Å². The second-order valence-corrected chi connectivity index (χ2v) is 6.17. The molecule has 0 spiro atoms. The first-order chi connectivity index (χ1) is 11.1. The summed E-state index contributed by atoms with van der Waals surface area (Å²) >= 11 is 1.29. The van der Waals surface area contributed by atoms with Gasteiger partial charge in [0.05, 0.1) is 10.5 Å². The van der Waals surface area contributed by atoms with Crippen molar-refractivity contribution in [2.75, 3.05) is 0 Å². The second kappa shape index (κ2) is 6.22. The molecule has 1 aliphatic rings. The highest BCUT2D eigenvalue weighted by Gasteiger charge is 2.30. The molecule has 0 aliphatic heterocycles. The first-order valence-corrected chi connectivity index (χ1v) is 7.86. The van der Waals surface area contributed by atoms with Gasteiger partial charge in [0.25, 0.3) is 5.69 Å². The van der Waals surface area contributed by atoms with Crippen LogP contribution in [0.3, 0.4) is 0 Å². The molecule has 23 heavy (non-hydrogen) atoms. The molecule has 0 bridgehead atoms. The van der Waals surface area contributed by atoms with E-state index in [1.54, 1.807) is 12.1 Å². The van der Waals surface area contributed by atoms with Crippen LogP contribution in [0.2, 0.25) is 0 Å². The van der Waals surface area contributed by atoms with E-state index < -0.39 is 4.92 Å². The number of non-ortho nitro benzene ring substituents is 1. The van der Waals surface area contributed by atoms with Crippen molar-refractivity contribution in [1.29, 1.82) is 5.26 Å². The van der Waals surface area contributed by atoms with Gasteiger partial charge in [-0.2, -0.15) is 5.26 Å². The summed E-state index contributed by atoms with van der Waals surface area (Å²) in [5, 5.41) is 29.2. The van der Waals surface area contributed by atoms with E-state index in [1.807, 2.05) is 10.6 Å². The summed E-state index contributed by atoms with van der Waals surface area (Å²) in [4.78, 5) is 10.9. The van der Waals surface area contributed by atoms with Crippen LogP contribution >= 0.6 is 11.8 Å². The Morgan fingerprint density at radius 1 is 1.52 bits per heavy atom. The van der Waals surface area contributed by atoms with E-state index in [1.165, 1.54) is 23.9 Å². The Balaban J connectivity index is 1.94. The largest absolute Gasteiger partial charge is 0.302 e. The molecule has 1 aromatic carbocycles. The lowest BCUT2D eigenvalue weighted by molar-refractivity contribution is -0.384. The molecule has 0 radical (unpaired) electrons. The van der Waals surface area contributed by atoms with Crippen LogP contribution in [0.15, 0.2) is 40.9 Å². The number of nitrogens with zero attached hydrogens (tertiary/aromatic N) is 5. The number of benzene rings is 1. The summed E-state index contributed by atoms with van der Waals surface area (Å²) in [7, 11) is 0. The number of nitro groups is 1. The van der Waals surface area contributed by atoms with E-state index in [0.29, 0.717) is 22.5 Å². The van der Waals surface area contributed by atoms with Crippen molar-refractivity contribution in [3.63, 3.8) is 0 Å². The predicted molar refractivity (Wildman–Crippen MR) is 84.1 cm³/mol. The third-order valence-corrected chi connectivity index (χ3v) is 4.56. The third-order valence-electron chi connectivity index (χ3n) is 3.50. The fraction of sp³-hybridized carbons (Fsp3) is 0.267. The van der Waals surface area contributed by atoms with Crippen LogP contribution in [0, 0.1) is 21.4 Å². The van der Waals surface area contributed by atoms with Crippen LogP contribution in [0.4, 0.5) is 5.69 Å². The number of aromatic nitrogens is 3. The van der Waals surface area contributed by atoms with E-state index in [0.717, 1.165) is 18.7 Å². The molecule has 0 atom stereocenters. The van der Waals surface area contributed by atoms with E-state index in [-0.39, 0.29) is 11.3 Å². The van der Waals surface area contributed by atoms with Crippen LogP contribution in [0.1, 0.15) is 30.1 Å². The van der Waals surface area contributed by atoms with Crippen molar-refractivity contribution < 1.29 is 4.92 Å². The summed E-state index contributed by atoms with van der Waals surface area (Å²) in [6.07, 6.45) is 4.00. The Hall–Kier alpha value is -2.66. The molecule has 1 fully saturated rings. The van der Waals surface area contributed by atoms with Gasteiger partial charge in [0.15, 0.2) is 5.16 Å². The van der Waals surface area contributed by atoms with Gasteiger partial charge < -0.3 is 4.57 Å². The van der Waals surface area contributed by atoms with Crippen LogP contribution in [-0.2, 0) is 6.54 Å². The van der Waals surface area contributed by atoms with Crippen molar-refractivity contribution in [3.8, 4) is 6.07 Å². The second-order valence-electron chi connectivity index (χ2n) is 5.17. The van der Waals surface area contributed by atoms with Crippen molar-refractivity contribution in [2.45, 2.75) is 35.4 Å². The maximum Gasteiger partial charge on any atom is 0.270 e. The topological polar surface area (TPSA) is 97.6 Å². The lowest BCUT2D eigenvalue weighted by Gasteiger charge is -2.07. The Morgan fingerprint density at radius 3 is 2.91 bits per heavy atom. The van der Waals surface area contributed by atoms with Gasteiger partial charge >= 0.3 is 0 Å². The Morgan fingerprint density at radius 2 is 2.30 bits per heavy atom. The van der Waals surface area contributed by atoms with Gasteiger partial charge in [-0.3, -0.25) is 10.1 Å². The fourth-order valence-corrected chi connectivity index (χ4v) is 3.13. The summed E-state index contributed by atoms with van der Waals surface area (Å²) in [5.74, 6) is 1.39. The highest BCUT2D eigenvalue weighted by molar-refractivity contribution is 7.99. The number of hydrogen-bond acceptors (Lipinski definition) is 6. The smallest absolute Gasteiger partial charge is 0.270 e. The lowest BCUT2D eigenvalue weighted by Crippen LogP contribution is -2.02. The first-order valence-electron chi connectivity index (χ1n) is 7.04. The zero-order valence-corrected chi connectivity index (χ0v) is 13.0. The average molecular weight is 327 g/mol. The molecule has 1 heterocycles. The molecule has 0 N–H and O–H groups in total. The molecular formula is C15H13N5O2S. The number of rotatable bonds is 6. The SMILES string of the molecule is C=CCn1c(Sc2ccc([N+](=O)[O-])cc2C#N)nnc1C1CC1. The molecule has 0 amide bonds. The summed E-state index contributed by atoms with van der Waals surface area (Å²) in [5.41, 5.74) is 0.155. The lowest BCUT2D eigenvalue weighted by atomic mass is 10.2. The number of nitro benzene ring substituents is 1. The molecule has 2 aromatic rings. The minimum Gasteiger partial charge on any atom is -0.302 e. The summed E-state index contributed by atoms with van der Waals surface area (Å²) < 4.78 is 1.98. The Kier molecular flexibility index (Phi) is 4.12. The molecule has 3 rings (SSSR count). The van der Waals surface area contributed by atoms with Gasteiger partial charge in [-0.05, 0) is 30.7 Å². The quantitative estimate of drug-likeness (QED) is 0.459. The molecule has 1 saturated carbocycles. The normalized spacial score (nSPS) is 13.5. The number of hydrogen-bond donors (Lipinski definition) is 0. The molecule has 116 valence electrons. The van der Waals surface area contributed by atoms with Gasteiger partial charge in [0, 0.05) is 29.5 Å². The van der Waals surface area contributed by atoms with Crippen molar-refractivity contribution >= 4 is 17.4 Å². The molecular weight excluding hydrogens is 314 g/mol. The highest BCUT2D eigenvalue weighted by atomic mass is 32.2. The van der Waals surface area contributed by atoms with Gasteiger partial charge in [-0.1, -0.05) is 6.08 Å². The van der Waals surface area contributed by atoms with E-state index in [9.17, 15) is 15.4 Å². The van der Waals surface area contributed by atoms with Gasteiger partial charge in [0.1, 0.15) is 11.9 Å². The van der Waals surface area contributed by atoms with Gasteiger partial charge in [0.2, 0.25) is 0 Å². The minimum atomic E-state index is -0.513. The molecule has 7 nitrogen and oxygen atoms in total. The van der Waals surface area contributed by atoms with E-state index >= 15 is 0 Å². The average Bonchev–Trinajstić information content (AvgIpc) is 3.32. The Labute approximate surface area is 136 Å². The molecule has 1 aromatic heterocycles. The van der Waals surface area contributed by atoms with Gasteiger partial charge in [-0.25, -0.2) is 0 Å². The van der Waals surface area contributed by atoms with Crippen molar-refractivity contribution in [3.05, 3.63) is 52.4 Å². The summed E-state index contributed by atoms with van der Waals surface area (Å²) in [6.45, 7) is 4.35. The van der Waals surface area contributed by atoms with Crippen LogP contribution in [0.25, 0.3) is 0 Å². The maximum atomic E-state index is 10.8. The first kappa shape index (κ1) is 15.2. The van der Waals surface area contributed by atoms with Gasteiger partial charge in [-0.15, -0.1) is 16.8 Å². The molecule has 0 unspecified atom stereocenters.